The summed E-state index contributed by atoms with van der Waals surface area (Å²) in [4.78, 5) is 25.8. The molecule has 0 N–H and O–H groups in total. The van der Waals surface area contributed by atoms with Crippen molar-refractivity contribution in [1.82, 2.24) is 9.47 Å². The lowest BCUT2D eigenvalue weighted by Gasteiger charge is -2.19. The van der Waals surface area contributed by atoms with Gasteiger partial charge in [0.2, 0.25) is 10.6 Å². The van der Waals surface area contributed by atoms with Gasteiger partial charge in [0, 0.05) is 42.8 Å². The summed E-state index contributed by atoms with van der Waals surface area (Å²) in [6.07, 6.45) is 8.13. The van der Waals surface area contributed by atoms with Crippen LogP contribution in [0.4, 0.5) is 0 Å². The molecule has 0 spiro atoms. The second-order valence-corrected chi connectivity index (χ2v) is 13.8. The lowest BCUT2D eigenvalue weighted by atomic mass is 10.4. The number of nitrogens with zero attached hydrogens (tertiary/aromatic N) is 3. The number of aromatic nitrogens is 1. The summed E-state index contributed by atoms with van der Waals surface area (Å²) in [5.41, 5.74) is -0.780. The van der Waals surface area contributed by atoms with Crippen molar-refractivity contribution in [3.05, 3.63) is 44.6 Å². The number of thioether (sulfide) groups is 2. The molecule has 2 aliphatic rings. The minimum atomic E-state index is -4.31. The maximum Gasteiger partial charge on any atom is 0.361 e. The minimum absolute atomic E-state index is 0.0192. The molecule has 2 aliphatic heterocycles. The third kappa shape index (κ3) is 10.3. The Labute approximate surface area is 233 Å². The molecule has 0 amide bonds. The lowest BCUT2D eigenvalue weighted by Crippen LogP contribution is -2.39. The molecule has 1 saturated heterocycles. The molecule has 3 heterocycles. The Hall–Kier alpha value is -2.31. The van der Waals surface area contributed by atoms with Gasteiger partial charge in [0.15, 0.2) is 6.54 Å². The van der Waals surface area contributed by atoms with Gasteiger partial charge in [-0.1, -0.05) is 11.8 Å². The summed E-state index contributed by atoms with van der Waals surface area (Å²) in [6, 6.07) is 0. The van der Waals surface area contributed by atoms with Crippen molar-refractivity contribution in [2.75, 3.05) is 49.2 Å². The van der Waals surface area contributed by atoms with E-state index in [0.717, 1.165) is 26.1 Å². The van der Waals surface area contributed by atoms with Crippen LogP contribution in [0.1, 0.15) is 12.8 Å². The third-order valence-electron chi connectivity index (χ3n) is 5.60. The van der Waals surface area contributed by atoms with Crippen molar-refractivity contribution in [2.24, 2.45) is 0 Å². The number of hydrogen-bond acceptors (Lipinski definition) is 13. The first-order valence-electron chi connectivity index (χ1n) is 11.8. The number of oxazole rings is 1. The van der Waals surface area contributed by atoms with Crippen LogP contribution in [-0.2, 0) is 31.6 Å². The number of carbonyl (C=O) groups is 1. The largest absolute Gasteiger partial charge is 0.748 e. The SMILES string of the molecule is O=C([O-])Cn1c(=CC=CC2=[N+](CCCS(=O)(=O)[O-])CCS2)oc(=O)c1=CC=C1SCCN1CCCS(=O)(=O)[O-]. The van der Waals surface area contributed by atoms with Crippen molar-refractivity contribution >= 4 is 66.9 Å². The van der Waals surface area contributed by atoms with E-state index in [2.05, 4.69) is 0 Å². The van der Waals surface area contributed by atoms with Crippen LogP contribution in [0.3, 0.4) is 0 Å². The standard InChI is InChI=1S/C22H29N3O10S4/c26-21(27)16-25-17(6-7-20-24(11-13-37-20)9-3-15-39(32,33)34)22(28)35-18(25)4-1-5-19-23(10-12-36-19)8-2-14-38(29,30)31/h1,4-7H,2-3,8-16H2,(H2-,26,27,29,30,31,32,33,34)/p-2. The third-order valence-corrected chi connectivity index (χ3v) is 9.33. The van der Waals surface area contributed by atoms with E-state index >= 15 is 0 Å². The zero-order valence-electron chi connectivity index (χ0n) is 20.7. The second-order valence-electron chi connectivity index (χ2n) is 8.51. The van der Waals surface area contributed by atoms with Gasteiger partial charge in [0.1, 0.15) is 11.9 Å². The molecule has 0 atom stereocenters. The zero-order chi connectivity index (χ0) is 28.6. The van der Waals surface area contributed by atoms with Crippen molar-refractivity contribution in [1.29, 1.82) is 0 Å². The molecule has 0 aliphatic carbocycles. The van der Waals surface area contributed by atoms with Crippen LogP contribution in [0, 0.1) is 0 Å². The van der Waals surface area contributed by atoms with E-state index in [1.54, 1.807) is 18.2 Å². The molecule has 17 heteroatoms. The Morgan fingerprint density at radius 2 is 1.74 bits per heavy atom. The Morgan fingerprint density at radius 1 is 1.03 bits per heavy atom. The Bertz CT molecular complexity index is 1550. The highest BCUT2D eigenvalue weighted by molar-refractivity contribution is 8.14. The van der Waals surface area contributed by atoms with E-state index in [9.17, 15) is 40.6 Å². The molecule has 0 saturated carbocycles. The fraction of sp³-hybridized carbons (Fsp3) is 0.500. The Morgan fingerprint density at radius 3 is 2.44 bits per heavy atom. The van der Waals surface area contributed by atoms with Crippen molar-refractivity contribution in [2.45, 2.75) is 19.4 Å². The molecular weight excluding hydrogens is 595 g/mol. The maximum atomic E-state index is 12.6. The van der Waals surface area contributed by atoms with Gasteiger partial charge in [-0.2, -0.15) is 0 Å². The number of carboxylic acid groups (broad SMARTS) is 1. The topological polar surface area (TPSA) is 196 Å². The average molecular weight is 622 g/mol. The molecule has 1 aromatic heterocycles. The first-order chi connectivity index (χ1) is 18.3. The van der Waals surface area contributed by atoms with E-state index in [0.29, 0.717) is 26.2 Å². The number of rotatable bonds is 13. The quantitative estimate of drug-likeness (QED) is 0.162. The summed E-state index contributed by atoms with van der Waals surface area (Å²) in [7, 11) is -8.60. The summed E-state index contributed by atoms with van der Waals surface area (Å²) in [5, 5.41) is 12.9. The van der Waals surface area contributed by atoms with Crippen LogP contribution in [0.5, 0.6) is 0 Å². The van der Waals surface area contributed by atoms with E-state index in [-0.39, 0.29) is 23.7 Å². The molecule has 0 aromatic carbocycles. The summed E-state index contributed by atoms with van der Waals surface area (Å²) in [5.74, 6) is -0.865. The van der Waals surface area contributed by atoms with Crippen LogP contribution < -0.4 is 21.6 Å². The maximum absolute atomic E-state index is 12.6. The van der Waals surface area contributed by atoms with Crippen molar-refractivity contribution < 1.29 is 44.8 Å². The molecule has 0 bridgehead atoms. The van der Waals surface area contributed by atoms with Gasteiger partial charge < -0.3 is 32.9 Å². The first kappa shape index (κ1) is 31.2. The molecule has 0 unspecified atom stereocenters. The first-order valence-corrected chi connectivity index (χ1v) is 16.9. The summed E-state index contributed by atoms with van der Waals surface area (Å²) >= 11 is 3.00. The van der Waals surface area contributed by atoms with E-state index in [4.69, 9.17) is 4.42 Å². The number of carbonyl (C=O) groups excluding carboxylic acids is 1. The predicted octanol–water partition coefficient (Wildman–Crippen LogP) is -2.77. The molecule has 39 heavy (non-hydrogen) atoms. The van der Waals surface area contributed by atoms with E-state index in [1.165, 1.54) is 35.7 Å². The van der Waals surface area contributed by atoms with Gasteiger partial charge >= 0.3 is 5.63 Å². The zero-order valence-corrected chi connectivity index (χ0v) is 24.0. The van der Waals surface area contributed by atoms with Gasteiger partial charge in [0.05, 0.1) is 43.5 Å². The molecule has 1 aromatic rings. The van der Waals surface area contributed by atoms with Crippen LogP contribution in [0.25, 0.3) is 12.2 Å². The normalized spacial score (nSPS) is 18.9. The highest BCUT2D eigenvalue weighted by Crippen LogP contribution is 2.27. The molecule has 1 fully saturated rings. The predicted molar refractivity (Wildman–Crippen MR) is 143 cm³/mol. The van der Waals surface area contributed by atoms with Gasteiger partial charge in [-0.25, -0.2) is 26.2 Å². The number of aliphatic carboxylic acids is 1. The van der Waals surface area contributed by atoms with Crippen LogP contribution in [0.15, 0.2) is 32.5 Å². The minimum Gasteiger partial charge on any atom is -0.748 e. The highest BCUT2D eigenvalue weighted by Gasteiger charge is 2.20. The Balaban J connectivity index is 1.85. The smallest absolute Gasteiger partial charge is 0.361 e. The average Bonchev–Trinajstić information content (AvgIpc) is 3.51. The monoisotopic (exact) mass is 621 g/mol. The van der Waals surface area contributed by atoms with Gasteiger partial charge in [0.25, 0.3) is 0 Å². The highest BCUT2D eigenvalue weighted by atomic mass is 32.2. The van der Waals surface area contributed by atoms with Crippen LogP contribution in [-0.4, -0.2) is 100 Å². The molecule has 216 valence electrons. The van der Waals surface area contributed by atoms with Crippen LogP contribution in [0.2, 0.25) is 0 Å². The van der Waals surface area contributed by atoms with Gasteiger partial charge in [-0.3, -0.25) is 0 Å². The molecule has 13 nitrogen and oxygen atoms in total. The van der Waals surface area contributed by atoms with E-state index in [1.807, 2.05) is 9.48 Å². The fourth-order valence-corrected chi connectivity index (χ4v) is 6.98. The summed E-state index contributed by atoms with van der Waals surface area (Å²) in [6.45, 7) is 1.39. The number of carboxylic acids is 1. The molecular formula is C22H27N3O10S4-2. The van der Waals surface area contributed by atoms with E-state index < -0.39 is 49.9 Å². The van der Waals surface area contributed by atoms with Gasteiger partial charge in [-0.05, 0) is 30.7 Å². The number of allylic oxidation sites excluding steroid dienone is 2. The van der Waals surface area contributed by atoms with Crippen molar-refractivity contribution in [3.63, 3.8) is 0 Å². The molecule has 3 rings (SSSR count). The lowest BCUT2D eigenvalue weighted by molar-refractivity contribution is -0.516. The van der Waals surface area contributed by atoms with Crippen molar-refractivity contribution in [3.8, 4) is 0 Å². The molecule has 0 radical (unpaired) electrons. The van der Waals surface area contributed by atoms with Gasteiger partial charge in [-0.15, -0.1) is 11.8 Å². The number of hydrogen-bond donors (Lipinski definition) is 0. The Kier molecular flexibility index (Phi) is 11.1. The van der Waals surface area contributed by atoms with Crippen LogP contribution >= 0.6 is 23.5 Å². The fourth-order valence-electron chi connectivity index (χ4n) is 3.91. The second kappa shape index (κ2) is 13.8. The summed E-state index contributed by atoms with van der Waals surface area (Å²) < 4.78 is 73.5.